The molecule has 0 saturated heterocycles. The predicted molar refractivity (Wildman–Crippen MR) is 57.5 cm³/mol. The fourth-order valence-electron chi connectivity index (χ4n) is 1.10. The van der Waals surface area contributed by atoms with Crippen LogP contribution in [0, 0.1) is 0 Å². The highest BCUT2D eigenvalue weighted by molar-refractivity contribution is 5.93. The summed E-state index contributed by atoms with van der Waals surface area (Å²) in [6, 6.07) is 0.0200. The average molecular weight is 280 g/mol. The van der Waals surface area contributed by atoms with Gasteiger partial charge in [0.2, 0.25) is 5.54 Å². The number of urea groups is 1. The molecule has 1 heterocycles. The minimum atomic E-state index is -5.14. The molecule has 0 aliphatic rings. The number of nitrogens with one attached hydrogen (secondary N) is 2. The first-order valence-corrected chi connectivity index (χ1v) is 4.95. The molecule has 0 aliphatic heterocycles. The fraction of sp³-hybridized carbons (Fsp3) is 0.444. The van der Waals surface area contributed by atoms with Crippen LogP contribution in [0.25, 0.3) is 0 Å². The van der Waals surface area contributed by atoms with Gasteiger partial charge >= 0.3 is 18.2 Å². The lowest BCUT2D eigenvalue weighted by molar-refractivity contribution is -0.203. The SMILES string of the molecule is Cn1ccc(NC(=O)NC(C)(C(=O)O)C(F)(F)F)n1. The molecule has 1 rings (SSSR count). The Morgan fingerprint density at radius 1 is 1.42 bits per heavy atom. The lowest BCUT2D eigenvalue weighted by Crippen LogP contribution is -2.62. The van der Waals surface area contributed by atoms with Crippen molar-refractivity contribution in [3.63, 3.8) is 0 Å². The summed E-state index contributed by atoms with van der Waals surface area (Å²) in [6.07, 6.45) is -3.68. The normalized spacial score (nSPS) is 14.6. The second-order valence-corrected chi connectivity index (χ2v) is 3.88. The molecule has 1 atom stereocenters. The van der Waals surface area contributed by atoms with E-state index in [1.165, 1.54) is 22.3 Å². The van der Waals surface area contributed by atoms with Crippen molar-refractivity contribution in [1.82, 2.24) is 15.1 Å². The highest BCUT2D eigenvalue weighted by Crippen LogP contribution is 2.30. The molecular formula is C9H11F3N4O3. The largest absolute Gasteiger partial charge is 0.479 e. The van der Waals surface area contributed by atoms with Crippen LogP contribution in [0.5, 0.6) is 0 Å². The van der Waals surface area contributed by atoms with Crippen LogP contribution in [0.2, 0.25) is 0 Å². The number of carboxylic acid groups (broad SMARTS) is 1. The highest BCUT2D eigenvalue weighted by atomic mass is 19.4. The van der Waals surface area contributed by atoms with Crippen molar-refractivity contribution in [3.05, 3.63) is 12.3 Å². The molecule has 0 aliphatic carbocycles. The standard InChI is InChI=1S/C9H11F3N4O3/c1-8(6(17)18,9(10,11)12)14-7(19)13-5-3-4-16(2)15-5/h3-4H,1-2H3,(H,17,18)(H2,13,14,15,19). The van der Waals surface area contributed by atoms with Crippen LogP contribution in [0.15, 0.2) is 12.3 Å². The molecule has 0 spiro atoms. The molecule has 1 unspecified atom stereocenters. The summed E-state index contributed by atoms with van der Waals surface area (Å²) in [5, 5.41) is 15.7. The van der Waals surface area contributed by atoms with Crippen LogP contribution in [0.1, 0.15) is 6.92 Å². The molecule has 106 valence electrons. The van der Waals surface area contributed by atoms with Gasteiger partial charge in [-0.3, -0.25) is 10.00 Å². The molecule has 2 amide bonds. The van der Waals surface area contributed by atoms with Gasteiger partial charge in [0, 0.05) is 19.3 Å². The molecule has 0 bridgehead atoms. The average Bonchev–Trinajstić information content (AvgIpc) is 2.61. The number of aryl methyl sites for hydroxylation is 1. The zero-order chi connectivity index (χ0) is 14.8. The van der Waals surface area contributed by atoms with Gasteiger partial charge < -0.3 is 10.4 Å². The number of halogens is 3. The second kappa shape index (κ2) is 4.78. The number of alkyl halides is 3. The number of hydrogen-bond donors (Lipinski definition) is 3. The maximum absolute atomic E-state index is 12.6. The van der Waals surface area contributed by atoms with Crippen LogP contribution in [-0.4, -0.2) is 38.6 Å². The number of amides is 2. The van der Waals surface area contributed by atoms with Gasteiger partial charge in [0.25, 0.3) is 0 Å². The molecule has 1 aromatic rings. The number of anilines is 1. The molecule has 19 heavy (non-hydrogen) atoms. The van der Waals surface area contributed by atoms with Gasteiger partial charge in [-0.15, -0.1) is 0 Å². The molecule has 7 nitrogen and oxygen atoms in total. The zero-order valence-corrected chi connectivity index (χ0v) is 9.95. The first-order valence-electron chi connectivity index (χ1n) is 4.95. The van der Waals surface area contributed by atoms with E-state index >= 15 is 0 Å². The Kier molecular flexibility index (Phi) is 3.73. The maximum atomic E-state index is 12.6. The molecule has 0 fully saturated rings. The van der Waals surface area contributed by atoms with E-state index in [0.29, 0.717) is 6.92 Å². The maximum Gasteiger partial charge on any atom is 0.422 e. The monoisotopic (exact) mass is 280 g/mol. The van der Waals surface area contributed by atoms with Crippen molar-refractivity contribution in [3.8, 4) is 0 Å². The van der Waals surface area contributed by atoms with Gasteiger partial charge in [0.1, 0.15) is 0 Å². The number of rotatable bonds is 3. The van der Waals surface area contributed by atoms with Crippen LogP contribution >= 0.6 is 0 Å². The van der Waals surface area contributed by atoms with Crippen LogP contribution in [0.4, 0.5) is 23.8 Å². The first kappa shape index (κ1) is 14.8. The van der Waals surface area contributed by atoms with Crippen LogP contribution < -0.4 is 10.6 Å². The van der Waals surface area contributed by atoms with E-state index < -0.39 is 23.7 Å². The minimum Gasteiger partial charge on any atom is -0.479 e. The first-order chi connectivity index (χ1) is 8.56. The smallest absolute Gasteiger partial charge is 0.422 e. The molecule has 3 N–H and O–H groups in total. The molecule has 1 aromatic heterocycles. The number of aliphatic carboxylic acids is 1. The van der Waals surface area contributed by atoms with Crippen molar-refractivity contribution in [1.29, 1.82) is 0 Å². The number of hydrogen-bond acceptors (Lipinski definition) is 3. The van der Waals surface area contributed by atoms with Crippen LogP contribution in [-0.2, 0) is 11.8 Å². The third kappa shape index (κ3) is 3.14. The van der Waals surface area contributed by atoms with Gasteiger partial charge in [-0.05, 0) is 6.92 Å². The summed E-state index contributed by atoms with van der Waals surface area (Å²) in [6.45, 7) is 0.354. The lowest BCUT2D eigenvalue weighted by atomic mass is 10.0. The summed E-state index contributed by atoms with van der Waals surface area (Å²) in [7, 11) is 1.54. The third-order valence-corrected chi connectivity index (χ3v) is 2.31. The van der Waals surface area contributed by atoms with Crippen molar-refractivity contribution >= 4 is 17.8 Å². The van der Waals surface area contributed by atoms with Crippen molar-refractivity contribution in [2.24, 2.45) is 7.05 Å². The Bertz CT molecular complexity index is 499. The summed E-state index contributed by atoms with van der Waals surface area (Å²) in [4.78, 5) is 22.0. The van der Waals surface area contributed by atoms with Gasteiger partial charge in [-0.2, -0.15) is 18.3 Å². The Hall–Kier alpha value is -2.26. The van der Waals surface area contributed by atoms with Crippen molar-refractivity contribution in [2.45, 2.75) is 18.6 Å². The number of carbonyl (C=O) groups is 2. The number of carbonyl (C=O) groups excluding carboxylic acids is 1. The summed E-state index contributed by atoms with van der Waals surface area (Å²) in [5.74, 6) is -2.22. The van der Waals surface area contributed by atoms with E-state index in [9.17, 15) is 22.8 Å². The fourth-order valence-corrected chi connectivity index (χ4v) is 1.10. The van der Waals surface area contributed by atoms with Crippen molar-refractivity contribution < 1.29 is 27.9 Å². The minimum absolute atomic E-state index is 0.00471. The molecule has 10 heteroatoms. The summed E-state index contributed by atoms with van der Waals surface area (Å²) >= 11 is 0. The highest BCUT2D eigenvalue weighted by Gasteiger charge is 2.58. The van der Waals surface area contributed by atoms with Gasteiger partial charge in [0.05, 0.1) is 0 Å². The lowest BCUT2D eigenvalue weighted by Gasteiger charge is -2.28. The topological polar surface area (TPSA) is 96.2 Å². The van der Waals surface area contributed by atoms with E-state index in [0.717, 1.165) is 0 Å². The van der Waals surface area contributed by atoms with Gasteiger partial charge in [-0.1, -0.05) is 0 Å². The number of aromatic nitrogens is 2. The number of nitrogens with zero attached hydrogens (tertiary/aromatic N) is 2. The van der Waals surface area contributed by atoms with E-state index in [1.54, 1.807) is 7.05 Å². The summed E-state index contributed by atoms with van der Waals surface area (Å²) < 4.78 is 39.2. The van der Waals surface area contributed by atoms with Gasteiger partial charge in [-0.25, -0.2) is 9.59 Å². The Morgan fingerprint density at radius 3 is 2.37 bits per heavy atom. The molecular weight excluding hydrogens is 269 g/mol. The van der Waals surface area contributed by atoms with E-state index in [2.05, 4.69) is 5.10 Å². The third-order valence-electron chi connectivity index (χ3n) is 2.31. The van der Waals surface area contributed by atoms with E-state index in [4.69, 9.17) is 5.11 Å². The Labute approximate surface area is 105 Å². The van der Waals surface area contributed by atoms with E-state index in [-0.39, 0.29) is 5.82 Å². The molecule has 0 radical (unpaired) electrons. The zero-order valence-electron chi connectivity index (χ0n) is 9.95. The van der Waals surface area contributed by atoms with E-state index in [1.807, 2.05) is 5.32 Å². The van der Waals surface area contributed by atoms with Crippen molar-refractivity contribution in [2.75, 3.05) is 5.32 Å². The molecule has 0 aromatic carbocycles. The second-order valence-electron chi connectivity index (χ2n) is 3.88. The Balaban J connectivity index is 2.81. The quantitative estimate of drug-likeness (QED) is 0.768. The number of carboxylic acids is 1. The molecule has 0 saturated carbocycles. The summed E-state index contributed by atoms with van der Waals surface area (Å²) in [5.41, 5.74) is -3.38. The van der Waals surface area contributed by atoms with Gasteiger partial charge in [0.15, 0.2) is 5.82 Å². The Morgan fingerprint density at radius 2 is 2.00 bits per heavy atom. The predicted octanol–water partition coefficient (Wildman–Crippen LogP) is 0.947. The van der Waals surface area contributed by atoms with Crippen LogP contribution in [0.3, 0.4) is 0 Å².